The monoisotopic (exact) mass is 332 g/mol. The second kappa shape index (κ2) is 5.42. The second-order valence-corrected chi connectivity index (χ2v) is 5.41. The number of nitrogens with zero attached hydrogens (tertiary/aromatic N) is 2. The molecule has 0 atom stereocenters. The molecule has 2 rings (SSSR count). The zero-order valence-corrected chi connectivity index (χ0v) is 12.3. The SMILES string of the molecule is Cn1cnc(Br)c1CCc1ccc(Cl)c(Cl)c1. The van der Waals surface area contributed by atoms with E-state index in [9.17, 15) is 0 Å². The van der Waals surface area contributed by atoms with E-state index in [-0.39, 0.29) is 0 Å². The summed E-state index contributed by atoms with van der Waals surface area (Å²) in [6.07, 6.45) is 3.62. The largest absolute Gasteiger partial charge is 0.337 e. The lowest BCUT2D eigenvalue weighted by molar-refractivity contribution is 0.795. The first-order chi connectivity index (χ1) is 8.08. The molecular formula is C12H11BrCl2N2. The Kier molecular flexibility index (Phi) is 4.13. The Bertz CT molecular complexity index is 518. The van der Waals surface area contributed by atoms with Crippen LogP contribution < -0.4 is 0 Å². The summed E-state index contributed by atoms with van der Waals surface area (Å²) in [7, 11) is 1.99. The number of aromatic nitrogens is 2. The molecule has 0 radical (unpaired) electrons. The maximum Gasteiger partial charge on any atom is 0.127 e. The van der Waals surface area contributed by atoms with Gasteiger partial charge in [0.1, 0.15) is 4.60 Å². The Morgan fingerprint density at radius 2 is 2.00 bits per heavy atom. The minimum atomic E-state index is 0.595. The number of benzene rings is 1. The average Bonchev–Trinajstić information content (AvgIpc) is 2.61. The number of imidazole rings is 1. The number of aryl methyl sites for hydroxylation is 2. The van der Waals surface area contributed by atoms with Gasteiger partial charge in [0.05, 0.1) is 22.1 Å². The molecule has 0 spiro atoms. The van der Waals surface area contributed by atoms with E-state index in [2.05, 4.69) is 20.9 Å². The molecule has 2 nitrogen and oxygen atoms in total. The van der Waals surface area contributed by atoms with Gasteiger partial charge in [0.25, 0.3) is 0 Å². The summed E-state index contributed by atoms with van der Waals surface area (Å²) < 4.78 is 2.92. The van der Waals surface area contributed by atoms with Crippen molar-refractivity contribution >= 4 is 39.1 Å². The van der Waals surface area contributed by atoms with Crippen molar-refractivity contribution in [3.63, 3.8) is 0 Å². The molecule has 0 aliphatic heterocycles. The number of rotatable bonds is 3. The highest BCUT2D eigenvalue weighted by Gasteiger charge is 2.07. The summed E-state index contributed by atoms with van der Waals surface area (Å²) in [6.45, 7) is 0. The predicted octanol–water partition coefficient (Wildman–Crippen LogP) is 4.27. The van der Waals surface area contributed by atoms with Crippen LogP contribution in [0.15, 0.2) is 29.1 Å². The average molecular weight is 334 g/mol. The molecule has 1 aromatic heterocycles. The molecule has 17 heavy (non-hydrogen) atoms. The van der Waals surface area contributed by atoms with Crippen LogP contribution in [0, 0.1) is 0 Å². The van der Waals surface area contributed by atoms with Gasteiger partial charge in [0, 0.05) is 7.05 Å². The Hall–Kier alpha value is -0.510. The van der Waals surface area contributed by atoms with E-state index in [1.807, 2.05) is 29.8 Å². The molecule has 0 saturated carbocycles. The van der Waals surface area contributed by atoms with Gasteiger partial charge in [-0.05, 0) is 46.5 Å². The zero-order valence-electron chi connectivity index (χ0n) is 9.25. The van der Waals surface area contributed by atoms with Crippen LogP contribution >= 0.6 is 39.1 Å². The van der Waals surface area contributed by atoms with Crippen molar-refractivity contribution in [2.24, 2.45) is 7.05 Å². The molecule has 0 amide bonds. The van der Waals surface area contributed by atoms with E-state index in [4.69, 9.17) is 23.2 Å². The van der Waals surface area contributed by atoms with Gasteiger partial charge in [-0.15, -0.1) is 0 Å². The minimum absolute atomic E-state index is 0.595. The predicted molar refractivity (Wildman–Crippen MR) is 74.8 cm³/mol. The molecular weight excluding hydrogens is 323 g/mol. The van der Waals surface area contributed by atoms with E-state index < -0.39 is 0 Å². The summed E-state index contributed by atoms with van der Waals surface area (Å²) in [4.78, 5) is 4.19. The van der Waals surface area contributed by atoms with Crippen molar-refractivity contribution < 1.29 is 0 Å². The molecule has 5 heteroatoms. The van der Waals surface area contributed by atoms with Crippen LogP contribution in [0.1, 0.15) is 11.3 Å². The van der Waals surface area contributed by atoms with E-state index in [0.29, 0.717) is 10.0 Å². The molecule has 0 bridgehead atoms. The number of hydrogen-bond donors (Lipinski definition) is 0. The van der Waals surface area contributed by atoms with Crippen molar-refractivity contribution in [1.29, 1.82) is 0 Å². The topological polar surface area (TPSA) is 17.8 Å². The Morgan fingerprint density at radius 3 is 2.59 bits per heavy atom. The molecule has 0 fully saturated rings. The Labute approximate surface area is 119 Å². The first-order valence-corrected chi connectivity index (χ1v) is 6.72. The second-order valence-electron chi connectivity index (χ2n) is 3.84. The fraction of sp³-hybridized carbons (Fsp3) is 0.250. The molecule has 1 heterocycles. The molecule has 0 unspecified atom stereocenters. The molecule has 0 N–H and O–H groups in total. The molecule has 0 saturated heterocycles. The highest BCUT2D eigenvalue weighted by molar-refractivity contribution is 9.10. The third-order valence-corrected chi connectivity index (χ3v) is 4.04. The number of halogens is 3. The van der Waals surface area contributed by atoms with Crippen LogP contribution in [0.2, 0.25) is 10.0 Å². The number of hydrogen-bond acceptors (Lipinski definition) is 1. The van der Waals surface area contributed by atoms with Crippen LogP contribution in [0.25, 0.3) is 0 Å². The molecule has 90 valence electrons. The van der Waals surface area contributed by atoms with Crippen LogP contribution in [-0.4, -0.2) is 9.55 Å². The van der Waals surface area contributed by atoms with Gasteiger partial charge in [-0.1, -0.05) is 29.3 Å². The maximum absolute atomic E-state index is 5.98. The first-order valence-electron chi connectivity index (χ1n) is 5.17. The fourth-order valence-corrected chi connectivity index (χ4v) is 2.55. The lowest BCUT2D eigenvalue weighted by Gasteiger charge is -2.05. The minimum Gasteiger partial charge on any atom is -0.337 e. The lowest BCUT2D eigenvalue weighted by atomic mass is 10.1. The summed E-state index contributed by atoms with van der Waals surface area (Å²) in [6, 6.07) is 5.74. The molecule has 0 aliphatic rings. The van der Waals surface area contributed by atoms with E-state index in [1.54, 1.807) is 6.33 Å². The Balaban J connectivity index is 2.10. The van der Waals surface area contributed by atoms with Crippen molar-refractivity contribution in [3.05, 3.63) is 50.4 Å². The van der Waals surface area contributed by atoms with Crippen molar-refractivity contribution in [1.82, 2.24) is 9.55 Å². The lowest BCUT2D eigenvalue weighted by Crippen LogP contribution is -1.98. The van der Waals surface area contributed by atoms with Gasteiger partial charge in [0.15, 0.2) is 0 Å². The highest BCUT2D eigenvalue weighted by atomic mass is 79.9. The standard InChI is InChI=1S/C12H11BrCl2N2/c1-17-7-16-12(13)11(17)5-3-8-2-4-9(14)10(15)6-8/h2,4,6-7H,3,5H2,1H3. The van der Waals surface area contributed by atoms with E-state index in [0.717, 1.165) is 17.4 Å². The van der Waals surface area contributed by atoms with Crippen molar-refractivity contribution in [2.45, 2.75) is 12.8 Å². The summed E-state index contributed by atoms with van der Waals surface area (Å²) in [5.74, 6) is 0. The highest BCUT2D eigenvalue weighted by Crippen LogP contribution is 2.24. The van der Waals surface area contributed by atoms with E-state index >= 15 is 0 Å². The summed E-state index contributed by atoms with van der Waals surface area (Å²) in [5, 5.41) is 1.20. The summed E-state index contributed by atoms with van der Waals surface area (Å²) in [5.41, 5.74) is 2.35. The normalized spacial score (nSPS) is 10.8. The van der Waals surface area contributed by atoms with Gasteiger partial charge in [-0.3, -0.25) is 0 Å². The van der Waals surface area contributed by atoms with Crippen LogP contribution in [0.3, 0.4) is 0 Å². The van der Waals surface area contributed by atoms with Gasteiger partial charge in [-0.2, -0.15) is 0 Å². The molecule has 1 aromatic carbocycles. The van der Waals surface area contributed by atoms with Gasteiger partial charge in [0.2, 0.25) is 0 Å². The van der Waals surface area contributed by atoms with Crippen LogP contribution in [0.5, 0.6) is 0 Å². The van der Waals surface area contributed by atoms with Crippen molar-refractivity contribution in [2.75, 3.05) is 0 Å². The fourth-order valence-electron chi connectivity index (χ4n) is 1.66. The quantitative estimate of drug-likeness (QED) is 0.820. The van der Waals surface area contributed by atoms with Crippen LogP contribution in [-0.2, 0) is 19.9 Å². The maximum atomic E-state index is 5.98. The summed E-state index contributed by atoms with van der Waals surface area (Å²) >= 11 is 15.3. The third-order valence-electron chi connectivity index (χ3n) is 2.64. The Morgan fingerprint density at radius 1 is 1.24 bits per heavy atom. The molecule has 2 aromatic rings. The van der Waals surface area contributed by atoms with Gasteiger partial charge in [-0.25, -0.2) is 4.98 Å². The van der Waals surface area contributed by atoms with Gasteiger partial charge >= 0.3 is 0 Å². The third kappa shape index (κ3) is 3.03. The van der Waals surface area contributed by atoms with Crippen molar-refractivity contribution in [3.8, 4) is 0 Å². The zero-order chi connectivity index (χ0) is 12.4. The first kappa shape index (κ1) is 12.9. The molecule has 0 aliphatic carbocycles. The van der Waals surface area contributed by atoms with Crippen LogP contribution in [0.4, 0.5) is 0 Å². The van der Waals surface area contributed by atoms with E-state index in [1.165, 1.54) is 11.3 Å². The smallest absolute Gasteiger partial charge is 0.127 e. The van der Waals surface area contributed by atoms with Gasteiger partial charge < -0.3 is 4.57 Å².